The molecule has 0 spiro atoms. The van der Waals surface area contributed by atoms with E-state index in [-0.39, 0.29) is 17.4 Å². The number of benzene rings is 1. The number of hydrogen-bond acceptors (Lipinski definition) is 2. The normalized spacial score (nSPS) is 13.2. The van der Waals surface area contributed by atoms with Gasteiger partial charge in [-0.2, -0.15) is 0 Å². The van der Waals surface area contributed by atoms with Crippen LogP contribution >= 0.6 is 0 Å². The maximum absolute atomic E-state index is 12.3. The highest BCUT2D eigenvalue weighted by molar-refractivity contribution is 5.83. The third-order valence-corrected chi connectivity index (χ3v) is 3.41. The molecule has 1 amide bonds. The molecule has 0 radical (unpaired) electrons. The first-order valence-corrected chi connectivity index (χ1v) is 5.93. The molecule has 1 unspecified atom stereocenters. The molecule has 0 bridgehead atoms. The van der Waals surface area contributed by atoms with Crippen LogP contribution in [0.15, 0.2) is 30.3 Å². The van der Waals surface area contributed by atoms with Crippen molar-refractivity contribution >= 4 is 5.91 Å². The molecule has 3 nitrogen and oxygen atoms in total. The van der Waals surface area contributed by atoms with Crippen molar-refractivity contribution in [2.24, 2.45) is 5.73 Å². The van der Waals surface area contributed by atoms with E-state index in [0.29, 0.717) is 6.54 Å². The minimum Gasteiger partial charge on any atom is -0.339 e. The van der Waals surface area contributed by atoms with Crippen LogP contribution in [0.4, 0.5) is 0 Å². The Morgan fingerprint density at radius 1 is 1.35 bits per heavy atom. The first kappa shape index (κ1) is 13.7. The predicted octanol–water partition coefficient (Wildman–Crippen LogP) is 1.99. The Balaban J connectivity index is 2.84. The predicted molar refractivity (Wildman–Crippen MR) is 70.8 cm³/mol. The molecule has 0 aliphatic heterocycles. The molecule has 2 N–H and O–H groups in total. The van der Waals surface area contributed by atoms with Crippen LogP contribution in [0.3, 0.4) is 0 Å². The van der Waals surface area contributed by atoms with E-state index in [4.69, 9.17) is 5.73 Å². The topological polar surface area (TPSA) is 46.3 Å². The van der Waals surface area contributed by atoms with Gasteiger partial charge < -0.3 is 10.6 Å². The van der Waals surface area contributed by atoms with Crippen LogP contribution in [-0.2, 0) is 4.79 Å². The highest BCUT2D eigenvalue weighted by Gasteiger charge is 2.29. The van der Waals surface area contributed by atoms with Crippen molar-refractivity contribution in [2.45, 2.75) is 32.2 Å². The molecule has 0 aliphatic carbocycles. The van der Waals surface area contributed by atoms with Gasteiger partial charge in [0.05, 0.1) is 5.92 Å². The summed E-state index contributed by atoms with van der Waals surface area (Å²) in [5, 5.41) is 0. The second kappa shape index (κ2) is 5.32. The van der Waals surface area contributed by atoms with Gasteiger partial charge in [0.2, 0.25) is 5.91 Å². The summed E-state index contributed by atoms with van der Waals surface area (Å²) in [6, 6.07) is 9.81. The van der Waals surface area contributed by atoms with Crippen LogP contribution in [0, 0.1) is 0 Å². The molecule has 0 aliphatic rings. The van der Waals surface area contributed by atoms with E-state index in [9.17, 15) is 4.79 Å². The van der Waals surface area contributed by atoms with Gasteiger partial charge in [-0.05, 0) is 26.3 Å². The summed E-state index contributed by atoms with van der Waals surface area (Å²) in [6.07, 6.45) is 0. The minimum absolute atomic E-state index is 0.103. The first-order chi connectivity index (χ1) is 7.90. The molecule has 1 aromatic carbocycles. The lowest BCUT2D eigenvalue weighted by Crippen LogP contribution is -2.51. The smallest absolute Gasteiger partial charge is 0.230 e. The summed E-state index contributed by atoms with van der Waals surface area (Å²) in [7, 11) is 1.81. The maximum Gasteiger partial charge on any atom is 0.230 e. The summed E-state index contributed by atoms with van der Waals surface area (Å²) in [6.45, 7) is 6.34. The van der Waals surface area contributed by atoms with Crippen molar-refractivity contribution in [1.82, 2.24) is 4.90 Å². The second-order valence-corrected chi connectivity index (χ2v) is 5.05. The van der Waals surface area contributed by atoms with Gasteiger partial charge in [-0.3, -0.25) is 4.79 Å². The molecule has 0 fully saturated rings. The molecule has 0 saturated heterocycles. The lowest BCUT2D eigenvalue weighted by molar-refractivity contribution is -0.135. The fraction of sp³-hybridized carbons (Fsp3) is 0.500. The molecule has 0 heterocycles. The fourth-order valence-corrected chi connectivity index (χ4v) is 1.61. The molecule has 1 rings (SSSR count). The summed E-state index contributed by atoms with van der Waals surface area (Å²) in [5.41, 5.74) is 6.42. The van der Waals surface area contributed by atoms with E-state index in [1.54, 1.807) is 4.90 Å². The van der Waals surface area contributed by atoms with E-state index >= 15 is 0 Å². The molecule has 0 aromatic heterocycles. The van der Waals surface area contributed by atoms with Gasteiger partial charge in [-0.15, -0.1) is 0 Å². The first-order valence-electron chi connectivity index (χ1n) is 5.93. The van der Waals surface area contributed by atoms with Crippen molar-refractivity contribution in [3.63, 3.8) is 0 Å². The van der Waals surface area contributed by atoms with Crippen molar-refractivity contribution in [3.8, 4) is 0 Å². The van der Waals surface area contributed by atoms with Crippen LogP contribution in [-0.4, -0.2) is 29.9 Å². The number of carbonyl (C=O) groups excluding carboxylic acids is 1. The Morgan fingerprint density at radius 3 is 2.35 bits per heavy atom. The molecular formula is C14H22N2O. The van der Waals surface area contributed by atoms with Gasteiger partial charge >= 0.3 is 0 Å². The molecule has 17 heavy (non-hydrogen) atoms. The standard InChI is InChI=1S/C14H22N2O/c1-11(12-8-6-5-7-9-12)13(17)16(4)14(2,3)10-15/h5-9,11H,10,15H2,1-4H3. The molecule has 0 saturated carbocycles. The summed E-state index contributed by atoms with van der Waals surface area (Å²) >= 11 is 0. The zero-order valence-corrected chi connectivity index (χ0v) is 11.1. The van der Waals surface area contributed by atoms with E-state index in [2.05, 4.69) is 0 Å². The third kappa shape index (κ3) is 3.07. The van der Waals surface area contributed by atoms with Gasteiger partial charge in [0, 0.05) is 19.1 Å². The fourth-order valence-electron chi connectivity index (χ4n) is 1.61. The number of nitrogens with zero attached hydrogens (tertiary/aromatic N) is 1. The number of nitrogens with two attached hydrogens (primary N) is 1. The van der Waals surface area contributed by atoms with Gasteiger partial charge in [-0.25, -0.2) is 0 Å². The van der Waals surface area contributed by atoms with E-state index < -0.39 is 0 Å². The Hall–Kier alpha value is -1.35. The zero-order valence-electron chi connectivity index (χ0n) is 11.1. The minimum atomic E-state index is -0.305. The molecule has 94 valence electrons. The van der Waals surface area contributed by atoms with Crippen molar-refractivity contribution in [2.75, 3.05) is 13.6 Å². The van der Waals surface area contributed by atoms with Gasteiger partial charge in [-0.1, -0.05) is 30.3 Å². The molecule has 3 heteroatoms. The third-order valence-electron chi connectivity index (χ3n) is 3.41. The quantitative estimate of drug-likeness (QED) is 0.866. The molecular weight excluding hydrogens is 212 g/mol. The van der Waals surface area contributed by atoms with Crippen LogP contribution in [0.1, 0.15) is 32.3 Å². The van der Waals surface area contributed by atoms with E-state index in [1.165, 1.54) is 0 Å². The average Bonchev–Trinajstić information content (AvgIpc) is 2.37. The van der Waals surface area contributed by atoms with Crippen LogP contribution in [0.5, 0.6) is 0 Å². The Bertz CT molecular complexity index is 373. The Labute approximate surface area is 104 Å². The van der Waals surface area contributed by atoms with Crippen molar-refractivity contribution in [1.29, 1.82) is 0 Å². The Kier molecular flexibility index (Phi) is 4.29. The Morgan fingerprint density at radius 2 is 1.88 bits per heavy atom. The van der Waals surface area contributed by atoms with E-state index in [0.717, 1.165) is 5.56 Å². The van der Waals surface area contributed by atoms with E-state index in [1.807, 2.05) is 58.2 Å². The number of amides is 1. The molecule has 1 aromatic rings. The number of hydrogen-bond donors (Lipinski definition) is 1. The van der Waals surface area contributed by atoms with Gasteiger partial charge in [0.25, 0.3) is 0 Å². The highest BCUT2D eigenvalue weighted by Crippen LogP contribution is 2.21. The summed E-state index contributed by atoms with van der Waals surface area (Å²) in [5.74, 6) is -0.0290. The lowest BCUT2D eigenvalue weighted by atomic mass is 9.96. The average molecular weight is 234 g/mol. The monoisotopic (exact) mass is 234 g/mol. The zero-order chi connectivity index (χ0) is 13.1. The van der Waals surface area contributed by atoms with Crippen molar-refractivity contribution < 1.29 is 4.79 Å². The number of carbonyl (C=O) groups is 1. The number of likely N-dealkylation sites (N-methyl/N-ethyl adjacent to an activating group) is 1. The second-order valence-electron chi connectivity index (χ2n) is 5.05. The lowest BCUT2D eigenvalue weighted by Gasteiger charge is -2.36. The highest BCUT2D eigenvalue weighted by atomic mass is 16.2. The SMILES string of the molecule is CC(C(=O)N(C)C(C)(C)CN)c1ccccc1. The van der Waals surface area contributed by atoms with Gasteiger partial charge in [0.1, 0.15) is 0 Å². The summed E-state index contributed by atoms with van der Waals surface area (Å²) in [4.78, 5) is 14.1. The number of rotatable bonds is 4. The van der Waals surface area contributed by atoms with Gasteiger partial charge in [0.15, 0.2) is 0 Å². The molecule has 1 atom stereocenters. The summed E-state index contributed by atoms with van der Waals surface area (Å²) < 4.78 is 0. The van der Waals surface area contributed by atoms with Crippen LogP contribution in [0.25, 0.3) is 0 Å². The van der Waals surface area contributed by atoms with Crippen LogP contribution in [0.2, 0.25) is 0 Å². The van der Waals surface area contributed by atoms with Crippen molar-refractivity contribution in [3.05, 3.63) is 35.9 Å². The van der Waals surface area contributed by atoms with Crippen LogP contribution < -0.4 is 5.73 Å². The largest absolute Gasteiger partial charge is 0.339 e. The maximum atomic E-state index is 12.3.